The lowest BCUT2D eigenvalue weighted by Gasteiger charge is -2.21. The fourth-order valence-corrected chi connectivity index (χ4v) is 1.10. The molecule has 1 aromatic rings. The van der Waals surface area contributed by atoms with Gasteiger partial charge in [0.05, 0.1) is 12.2 Å². The van der Waals surface area contributed by atoms with Gasteiger partial charge in [-0.1, -0.05) is 0 Å². The monoisotopic (exact) mass is 238 g/mol. The molecular formula is C11H18N4O2. The van der Waals surface area contributed by atoms with Crippen molar-refractivity contribution in [2.24, 2.45) is 5.73 Å². The van der Waals surface area contributed by atoms with Crippen LogP contribution in [0.2, 0.25) is 0 Å². The molecule has 1 rings (SSSR count). The predicted molar refractivity (Wildman–Crippen MR) is 66.7 cm³/mol. The van der Waals surface area contributed by atoms with E-state index in [-0.39, 0.29) is 12.1 Å². The summed E-state index contributed by atoms with van der Waals surface area (Å²) in [6.45, 7) is 5.72. The van der Waals surface area contributed by atoms with Crippen molar-refractivity contribution in [3.8, 4) is 5.88 Å². The lowest BCUT2D eigenvalue weighted by molar-refractivity contribution is -0.116. The van der Waals surface area contributed by atoms with Crippen molar-refractivity contribution in [2.75, 3.05) is 17.6 Å². The summed E-state index contributed by atoms with van der Waals surface area (Å²) in [5, 5.41) is 2.78. The molecule has 6 heteroatoms. The third-order valence-corrected chi connectivity index (χ3v) is 1.74. The molecule has 1 amide bonds. The predicted octanol–water partition coefficient (Wildman–Crippen LogP) is 0.738. The fourth-order valence-electron chi connectivity index (χ4n) is 1.10. The van der Waals surface area contributed by atoms with E-state index in [2.05, 4.69) is 10.3 Å². The molecule has 0 aliphatic carbocycles. The molecule has 1 aromatic heterocycles. The summed E-state index contributed by atoms with van der Waals surface area (Å²) in [6, 6.07) is 3.32. The van der Waals surface area contributed by atoms with Gasteiger partial charge in [0, 0.05) is 0 Å². The van der Waals surface area contributed by atoms with Gasteiger partial charge >= 0.3 is 0 Å². The van der Waals surface area contributed by atoms with E-state index < -0.39 is 5.91 Å². The summed E-state index contributed by atoms with van der Waals surface area (Å²) in [5.74, 6) is 0.381. The van der Waals surface area contributed by atoms with Gasteiger partial charge in [-0.05, 0) is 32.9 Å². The summed E-state index contributed by atoms with van der Waals surface area (Å²) in [4.78, 5) is 14.8. The first-order valence-electron chi connectivity index (χ1n) is 5.25. The van der Waals surface area contributed by atoms with Crippen molar-refractivity contribution in [3.63, 3.8) is 0 Å². The summed E-state index contributed by atoms with van der Waals surface area (Å²) < 4.78 is 5.59. The highest BCUT2D eigenvalue weighted by molar-refractivity contribution is 5.78. The molecule has 0 aliphatic rings. The minimum Gasteiger partial charge on any atom is -0.470 e. The van der Waals surface area contributed by atoms with E-state index in [1.165, 1.54) is 0 Å². The number of aromatic nitrogens is 1. The standard InChI is InChI=1S/C11H18N4O2/c1-11(2,3)17-10-7(12)4-5-9(15-10)14-6-8(13)16/h4-5H,6,12H2,1-3H3,(H2,13,16)(H,14,15). The smallest absolute Gasteiger partial charge is 0.239 e. The lowest BCUT2D eigenvalue weighted by Crippen LogP contribution is -2.25. The zero-order valence-corrected chi connectivity index (χ0v) is 10.3. The van der Waals surface area contributed by atoms with Crippen LogP contribution in [0.25, 0.3) is 0 Å². The number of rotatable bonds is 4. The van der Waals surface area contributed by atoms with Gasteiger partial charge in [0.15, 0.2) is 0 Å². The van der Waals surface area contributed by atoms with E-state index in [9.17, 15) is 4.79 Å². The van der Waals surface area contributed by atoms with E-state index in [0.29, 0.717) is 17.4 Å². The van der Waals surface area contributed by atoms with Crippen LogP contribution in [-0.4, -0.2) is 23.0 Å². The number of nitrogen functional groups attached to an aromatic ring is 1. The Morgan fingerprint density at radius 1 is 1.47 bits per heavy atom. The van der Waals surface area contributed by atoms with Gasteiger partial charge in [0.25, 0.3) is 0 Å². The third-order valence-electron chi connectivity index (χ3n) is 1.74. The van der Waals surface area contributed by atoms with Crippen LogP contribution in [-0.2, 0) is 4.79 Å². The number of nitrogens with two attached hydrogens (primary N) is 2. The Morgan fingerprint density at radius 3 is 2.65 bits per heavy atom. The SMILES string of the molecule is CC(C)(C)Oc1nc(NCC(N)=O)ccc1N. The first-order chi connectivity index (χ1) is 7.78. The zero-order chi connectivity index (χ0) is 13.1. The second kappa shape index (κ2) is 4.90. The fraction of sp³-hybridized carbons (Fsp3) is 0.455. The second-order valence-corrected chi connectivity index (χ2v) is 4.63. The normalized spacial score (nSPS) is 11.0. The van der Waals surface area contributed by atoms with Crippen LogP contribution < -0.4 is 21.5 Å². The maximum absolute atomic E-state index is 10.6. The average Bonchev–Trinajstić information content (AvgIpc) is 2.17. The average molecular weight is 238 g/mol. The molecule has 1 heterocycles. The lowest BCUT2D eigenvalue weighted by atomic mass is 10.2. The maximum Gasteiger partial charge on any atom is 0.239 e. The van der Waals surface area contributed by atoms with Crippen LogP contribution in [0, 0.1) is 0 Å². The number of ether oxygens (including phenoxy) is 1. The topological polar surface area (TPSA) is 103 Å². The van der Waals surface area contributed by atoms with Crippen LogP contribution in [0.4, 0.5) is 11.5 Å². The van der Waals surface area contributed by atoms with Crippen molar-refractivity contribution >= 4 is 17.4 Å². The third kappa shape index (κ3) is 4.58. The van der Waals surface area contributed by atoms with Gasteiger partial charge < -0.3 is 21.5 Å². The summed E-state index contributed by atoms with van der Waals surface area (Å²) in [6.07, 6.45) is 0. The summed E-state index contributed by atoms with van der Waals surface area (Å²) >= 11 is 0. The molecule has 0 aliphatic heterocycles. The highest BCUT2D eigenvalue weighted by Crippen LogP contribution is 2.24. The highest BCUT2D eigenvalue weighted by Gasteiger charge is 2.15. The number of hydrogen-bond donors (Lipinski definition) is 3. The second-order valence-electron chi connectivity index (χ2n) is 4.63. The Kier molecular flexibility index (Phi) is 3.77. The summed E-state index contributed by atoms with van der Waals surface area (Å²) in [7, 11) is 0. The first-order valence-corrected chi connectivity index (χ1v) is 5.25. The van der Waals surface area contributed by atoms with E-state index in [0.717, 1.165) is 0 Å². The van der Waals surface area contributed by atoms with E-state index in [1.807, 2.05) is 20.8 Å². The zero-order valence-electron chi connectivity index (χ0n) is 10.3. The number of nitrogens with zero attached hydrogens (tertiary/aromatic N) is 1. The van der Waals surface area contributed by atoms with Crippen molar-refractivity contribution < 1.29 is 9.53 Å². The number of hydrogen-bond acceptors (Lipinski definition) is 5. The van der Waals surface area contributed by atoms with Gasteiger partial charge in [0.2, 0.25) is 11.8 Å². The molecule has 0 aromatic carbocycles. The molecule has 0 unspecified atom stereocenters. The van der Waals surface area contributed by atoms with Crippen molar-refractivity contribution in [1.29, 1.82) is 0 Å². The quantitative estimate of drug-likeness (QED) is 0.717. The molecule has 94 valence electrons. The number of nitrogens with one attached hydrogen (secondary N) is 1. The molecule has 0 bridgehead atoms. The van der Waals surface area contributed by atoms with Gasteiger partial charge in [-0.15, -0.1) is 0 Å². The van der Waals surface area contributed by atoms with Crippen molar-refractivity contribution in [1.82, 2.24) is 4.98 Å². The molecule has 0 atom stereocenters. The number of amides is 1. The Bertz CT molecular complexity index is 412. The Balaban J connectivity index is 2.83. The van der Waals surface area contributed by atoms with Crippen LogP contribution in [0.5, 0.6) is 5.88 Å². The molecule has 0 saturated heterocycles. The first kappa shape index (κ1) is 13.1. The minimum absolute atomic E-state index is 0.0197. The van der Waals surface area contributed by atoms with E-state index >= 15 is 0 Å². The van der Waals surface area contributed by atoms with E-state index in [4.69, 9.17) is 16.2 Å². The number of carbonyl (C=O) groups excluding carboxylic acids is 1. The molecular weight excluding hydrogens is 220 g/mol. The molecule has 0 saturated carbocycles. The van der Waals surface area contributed by atoms with Crippen LogP contribution in [0.15, 0.2) is 12.1 Å². The highest BCUT2D eigenvalue weighted by atomic mass is 16.5. The molecule has 5 N–H and O–H groups in total. The molecule has 0 fully saturated rings. The molecule has 0 spiro atoms. The largest absolute Gasteiger partial charge is 0.470 e. The Morgan fingerprint density at radius 2 is 2.12 bits per heavy atom. The van der Waals surface area contributed by atoms with Crippen molar-refractivity contribution in [3.05, 3.63) is 12.1 Å². The number of pyridine rings is 1. The van der Waals surface area contributed by atoms with Crippen LogP contribution >= 0.6 is 0 Å². The number of carbonyl (C=O) groups is 1. The van der Waals surface area contributed by atoms with Gasteiger partial charge in [-0.2, -0.15) is 4.98 Å². The summed E-state index contributed by atoms with van der Waals surface area (Å²) in [5.41, 5.74) is 10.8. The minimum atomic E-state index is -0.457. The molecule has 17 heavy (non-hydrogen) atoms. The van der Waals surface area contributed by atoms with Crippen molar-refractivity contribution in [2.45, 2.75) is 26.4 Å². The van der Waals surface area contributed by atoms with Crippen LogP contribution in [0.1, 0.15) is 20.8 Å². The number of primary amides is 1. The van der Waals surface area contributed by atoms with Crippen LogP contribution in [0.3, 0.4) is 0 Å². The molecule has 6 nitrogen and oxygen atoms in total. The molecule has 0 radical (unpaired) electrons. The number of anilines is 2. The van der Waals surface area contributed by atoms with Gasteiger partial charge in [0.1, 0.15) is 11.4 Å². The Hall–Kier alpha value is -1.98. The maximum atomic E-state index is 10.6. The van der Waals surface area contributed by atoms with Gasteiger partial charge in [-0.3, -0.25) is 4.79 Å². The van der Waals surface area contributed by atoms with Gasteiger partial charge in [-0.25, -0.2) is 0 Å². The Labute approximate surface area is 100 Å². The van der Waals surface area contributed by atoms with E-state index in [1.54, 1.807) is 12.1 Å².